The van der Waals surface area contributed by atoms with E-state index in [1.54, 1.807) is 6.92 Å². The lowest BCUT2D eigenvalue weighted by molar-refractivity contribution is -0.163. The highest BCUT2D eigenvalue weighted by atomic mass is 32.2. The number of carbonyl (C=O) groups excluding carboxylic acids is 1. The largest absolute Gasteiger partial charge is 0.477 e. The summed E-state index contributed by atoms with van der Waals surface area (Å²) in [6.45, 7) is 5.34. The topological polar surface area (TPSA) is 118 Å². The van der Waals surface area contributed by atoms with Crippen LogP contribution in [0.2, 0.25) is 0 Å². The number of carboxylic acids is 1. The molecule has 3 aliphatic heterocycles. The van der Waals surface area contributed by atoms with Gasteiger partial charge in [0.25, 0.3) is 0 Å². The van der Waals surface area contributed by atoms with Crippen molar-refractivity contribution in [2.45, 2.75) is 43.2 Å². The van der Waals surface area contributed by atoms with Gasteiger partial charge in [-0.25, -0.2) is 9.78 Å². The van der Waals surface area contributed by atoms with E-state index in [2.05, 4.69) is 4.90 Å². The second-order valence-electron chi connectivity index (χ2n) is 8.99. The van der Waals surface area contributed by atoms with E-state index < -0.39 is 18.0 Å². The second kappa shape index (κ2) is 8.83. The van der Waals surface area contributed by atoms with Gasteiger partial charge in [0, 0.05) is 40.4 Å². The summed E-state index contributed by atoms with van der Waals surface area (Å²) < 4.78 is 0.702. The minimum atomic E-state index is -1.14. The fraction of sp³-hybridized carbons (Fsp3) is 0.417. The Morgan fingerprint density at radius 3 is 2.56 bits per heavy atom. The first-order valence-corrected chi connectivity index (χ1v) is 13.0. The molecule has 4 heterocycles. The fourth-order valence-corrected chi connectivity index (χ4v) is 7.21. The molecule has 5 rings (SSSR count). The predicted molar refractivity (Wildman–Crippen MR) is 131 cm³/mol. The van der Waals surface area contributed by atoms with Gasteiger partial charge in [-0.1, -0.05) is 43.0 Å². The molecule has 34 heavy (non-hydrogen) atoms. The molecule has 1 aromatic heterocycles. The number of hydrogen-bond acceptors (Lipinski definition) is 7. The highest BCUT2D eigenvalue weighted by Gasteiger charge is 2.60. The van der Waals surface area contributed by atoms with Crippen LogP contribution in [0.25, 0.3) is 11.3 Å². The van der Waals surface area contributed by atoms with Crippen LogP contribution in [0.15, 0.2) is 44.6 Å². The third-order valence-corrected chi connectivity index (χ3v) is 9.09. The van der Waals surface area contributed by atoms with Crippen LogP contribution in [-0.2, 0) is 9.59 Å². The quantitative estimate of drug-likeness (QED) is 0.317. The lowest BCUT2D eigenvalue weighted by atomic mass is 9.79. The summed E-state index contributed by atoms with van der Waals surface area (Å²) in [5.41, 5.74) is 2.61. The van der Waals surface area contributed by atoms with Crippen LogP contribution in [0.4, 0.5) is 0 Å². The van der Waals surface area contributed by atoms with E-state index in [9.17, 15) is 19.8 Å². The molecular weight excluding hydrogens is 472 g/mol. The number of thiazole rings is 1. The molecule has 2 fully saturated rings. The molecule has 3 N–H and O–H groups in total. The van der Waals surface area contributed by atoms with Gasteiger partial charge in [-0.3, -0.25) is 10.2 Å². The van der Waals surface area contributed by atoms with Gasteiger partial charge in [-0.15, -0.1) is 11.3 Å². The zero-order valence-electron chi connectivity index (χ0n) is 18.9. The van der Waals surface area contributed by atoms with Crippen LogP contribution in [0.5, 0.6) is 0 Å². The minimum Gasteiger partial charge on any atom is -0.477 e. The number of carbonyl (C=O) groups is 2. The molecule has 0 spiro atoms. The highest BCUT2D eigenvalue weighted by Crippen LogP contribution is 2.52. The molecule has 0 bridgehead atoms. The summed E-state index contributed by atoms with van der Waals surface area (Å²) in [7, 11) is 0. The van der Waals surface area contributed by atoms with Crippen LogP contribution in [-0.4, -0.2) is 67.9 Å². The van der Waals surface area contributed by atoms with E-state index in [0.717, 1.165) is 42.8 Å². The van der Waals surface area contributed by atoms with Gasteiger partial charge in [0.1, 0.15) is 11.5 Å². The van der Waals surface area contributed by atoms with Crippen LogP contribution < -0.4 is 0 Å². The summed E-state index contributed by atoms with van der Waals surface area (Å²) in [5, 5.41) is 30.2. The summed E-state index contributed by atoms with van der Waals surface area (Å²) in [6, 6.07) is 7.47. The van der Waals surface area contributed by atoms with E-state index >= 15 is 0 Å². The van der Waals surface area contributed by atoms with E-state index in [1.165, 1.54) is 28.0 Å². The first-order chi connectivity index (χ1) is 16.3. The van der Waals surface area contributed by atoms with Crippen LogP contribution in [0, 0.1) is 17.2 Å². The van der Waals surface area contributed by atoms with Gasteiger partial charge < -0.3 is 20.0 Å². The van der Waals surface area contributed by atoms with Crippen molar-refractivity contribution in [1.29, 1.82) is 5.41 Å². The number of β-lactam (4-membered cyclic amide) rings is 1. The minimum absolute atomic E-state index is 0.00549. The molecule has 0 radical (unpaired) electrons. The lowest BCUT2D eigenvalue weighted by Gasteiger charge is -2.46. The van der Waals surface area contributed by atoms with Gasteiger partial charge >= 0.3 is 5.97 Å². The Morgan fingerprint density at radius 1 is 1.26 bits per heavy atom. The first-order valence-electron chi connectivity index (χ1n) is 11.3. The predicted octanol–water partition coefficient (Wildman–Crippen LogP) is 3.48. The van der Waals surface area contributed by atoms with Gasteiger partial charge in [0.05, 0.1) is 23.8 Å². The van der Waals surface area contributed by atoms with E-state index in [1.807, 2.05) is 36.6 Å². The number of aliphatic hydroxyl groups excluding tert-OH is 1. The number of benzene rings is 1. The zero-order valence-corrected chi connectivity index (χ0v) is 20.5. The number of amides is 1. The summed E-state index contributed by atoms with van der Waals surface area (Å²) >= 11 is 2.72. The number of likely N-dealkylation sites (tertiary alicyclic amines) is 1. The number of fused-ring (bicyclic) bond motifs is 1. The number of nitrogens with zero attached hydrogens (tertiary/aromatic N) is 3. The smallest absolute Gasteiger partial charge is 0.353 e. The summed E-state index contributed by atoms with van der Waals surface area (Å²) in [6.07, 6.45) is 1.44. The van der Waals surface area contributed by atoms with Crippen molar-refractivity contribution >= 4 is 40.8 Å². The number of thioether (sulfide) groups is 1. The highest BCUT2D eigenvalue weighted by molar-refractivity contribution is 8.04. The molecule has 178 valence electrons. The average molecular weight is 499 g/mol. The SMILES string of the molecule is C[C@@H](O)[C@H]1C(=O)N2C(C(=O)O)=C(Sc3nc(-c4ccc(C(=N)N5CCCC5)cc4)cs3)[C@H](C)[C@H]12. The zero-order chi connectivity index (χ0) is 24.1. The van der Waals surface area contributed by atoms with E-state index in [-0.39, 0.29) is 23.6 Å². The molecule has 2 aromatic rings. The summed E-state index contributed by atoms with van der Waals surface area (Å²) in [4.78, 5) is 33.3. The lowest BCUT2D eigenvalue weighted by Crippen LogP contribution is -2.63. The van der Waals surface area contributed by atoms with Crippen molar-refractivity contribution in [1.82, 2.24) is 14.8 Å². The second-order valence-corrected chi connectivity index (χ2v) is 11.1. The molecule has 0 saturated carbocycles. The maximum Gasteiger partial charge on any atom is 0.353 e. The third kappa shape index (κ3) is 3.73. The number of amidine groups is 1. The molecular formula is C24H26N4O4S2. The number of rotatable bonds is 6. The van der Waals surface area contributed by atoms with Gasteiger partial charge in [0.15, 0.2) is 4.34 Å². The van der Waals surface area contributed by atoms with Crippen molar-refractivity contribution in [3.63, 3.8) is 0 Å². The monoisotopic (exact) mass is 498 g/mol. The molecule has 10 heteroatoms. The number of aromatic nitrogens is 1. The number of hydrogen-bond donors (Lipinski definition) is 3. The Kier molecular flexibility index (Phi) is 5.99. The maximum atomic E-state index is 12.5. The molecule has 0 unspecified atom stereocenters. The molecule has 3 aliphatic rings. The van der Waals surface area contributed by atoms with Crippen molar-refractivity contribution in [2.24, 2.45) is 11.8 Å². The van der Waals surface area contributed by atoms with Crippen molar-refractivity contribution in [3.05, 3.63) is 45.8 Å². The molecule has 4 atom stereocenters. The standard InChI is InChI=1S/C24H26N4O4S2/c1-12-18-17(13(2)29)22(30)28(18)19(23(31)32)20(12)34-24-26-16(11-33-24)14-5-7-15(8-6-14)21(25)27-9-3-4-10-27/h5-8,11-13,17-18,25,29H,3-4,9-10H2,1-2H3,(H,31,32)/t12-,13-,17-,18-/m1/s1. The van der Waals surface area contributed by atoms with E-state index in [4.69, 9.17) is 10.4 Å². The Morgan fingerprint density at radius 2 is 1.94 bits per heavy atom. The molecule has 8 nitrogen and oxygen atoms in total. The number of carboxylic acid groups (broad SMARTS) is 1. The van der Waals surface area contributed by atoms with Gasteiger partial charge in [-0.2, -0.15) is 0 Å². The van der Waals surface area contributed by atoms with Gasteiger partial charge in [0.2, 0.25) is 5.91 Å². The Labute approximate surface area is 205 Å². The van der Waals surface area contributed by atoms with E-state index in [0.29, 0.717) is 15.1 Å². The maximum absolute atomic E-state index is 12.5. The molecule has 1 amide bonds. The average Bonchev–Trinajstić information content (AvgIpc) is 3.54. The van der Waals surface area contributed by atoms with Crippen LogP contribution >= 0.6 is 23.1 Å². The number of aliphatic hydroxyl groups is 1. The first kappa shape index (κ1) is 23.1. The Hall–Kier alpha value is -2.69. The van der Waals surface area contributed by atoms with Gasteiger partial charge in [-0.05, 0) is 19.8 Å². The molecule has 0 aliphatic carbocycles. The Bertz CT molecular complexity index is 1180. The summed E-state index contributed by atoms with van der Waals surface area (Å²) in [5.74, 6) is -1.69. The van der Waals surface area contributed by atoms with Crippen LogP contribution in [0.1, 0.15) is 32.3 Å². The van der Waals surface area contributed by atoms with Crippen LogP contribution in [0.3, 0.4) is 0 Å². The number of nitrogens with one attached hydrogen (secondary N) is 1. The van der Waals surface area contributed by atoms with Crippen molar-refractivity contribution in [2.75, 3.05) is 13.1 Å². The molecule has 2 saturated heterocycles. The third-order valence-electron chi connectivity index (χ3n) is 6.87. The molecule has 1 aromatic carbocycles. The normalized spacial score (nSPS) is 24.9. The van der Waals surface area contributed by atoms with Crippen molar-refractivity contribution < 1.29 is 19.8 Å². The Balaban J connectivity index is 1.35. The fourth-order valence-electron chi connectivity index (χ4n) is 5.11. The number of aliphatic carboxylic acids is 1. The van der Waals surface area contributed by atoms with Crippen molar-refractivity contribution in [3.8, 4) is 11.3 Å².